The number of alkyl halides is 3. The first-order valence-electron chi connectivity index (χ1n) is 15.6. The standard InChI is InChI=1S/C35H32F4N6O4/c36-24-7-9-25(10-8-24)49-30-29(40)32(47)45(22-43-30)20-34(48)15-18-44(21-35(34,38)39)31(46)26-11-13-33(37,14-12-28-41-16-4-17-42-28)19-27(26)23-5-2-1-3-6-23/h1-10,16-17,22,26-27,48H,11,13,15,18-21,40H2/t26-,27+,33+,34+/m1/s1. The van der Waals surface area contributed by atoms with Gasteiger partial charge in [-0.2, -0.15) is 0 Å². The maximum Gasteiger partial charge on any atom is 0.295 e. The molecule has 6 rings (SSSR count). The van der Waals surface area contributed by atoms with Gasteiger partial charge in [0.1, 0.15) is 23.5 Å². The lowest BCUT2D eigenvalue weighted by Gasteiger charge is -2.46. The summed E-state index contributed by atoms with van der Waals surface area (Å²) in [4.78, 5) is 39.8. The van der Waals surface area contributed by atoms with Crippen LogP contribution < -0.4 is 16.0 Å². The average molecular weight is 677 g/mol. The monoisotopic (exact) mass is 676 g/mol. The molecule has 2 aromatic heterocycles. The first-order valence-corrected chi connectivity index (χ1v) is 15.6. The van der Waals surface area contributed by atoms with E-state index >= 15 is 13.2 Å². The highest BCUT2D eigenvalue weighted by atomic mass is 19.3. The van der Waals surface area contributed by atoms with Gasteiger partial charge in [-0.1, -0.05) is 36.3 Å². The molecule has 1 saturated heterocycles. The molecule has 0 spiro atoms. The molecule has 254 valence electrons. The van der Waals surface area contributed by atoms with Crippen molar-refractivity contribution in [2.75, 3.05) is 18.8 Å². The third-order valence-corrected chi connectivity index (χ3v) is 9.06. The summed E-state index contributed by atoms with van der Waals surface area (Å²) in [7, 11) is 0. The van der Waals surface area contributed by atoms with E-state index in [4.69, 9.17) is 10.5 Å². The molecule has 0 radical (unpaired) electrons. The summed E-state index contributed by atoms with van der Waals surface area (Å²) in [6, 6.07) is 15.3. The zero-order valence-corrected chi connectivity index (χ0v) is 26.1. The summed E-state index contributed by atoms with van der Waals surface area (Å²) < 4.78 is 67.1. The van der Waals surface area contributed by atoms with E-state index in [0.29, 0.717) is 5.56 Å². The predicted molar refractivity (Wildman–Crippen MR) is 170 cm³/mol. The van der Waals surface area contributed by atoms with Gasteiger partial charge >= 0.3 is 0 Å². The number of benzene rings is 2. The summed E-state index contributed by atoms with van der Waals surface area (Å²) in [6.07, 6.45) is 3.16. The zero-order valence-electron chi connectivity index (χ0n) is 26.1. The number of likely N-dealkylation sites (tertiary alicyclic amines) is 1. The Labute approximate surface area is 278 Å². The Morgan fingerprint density at radius 2 is 1.73 bits per heavy atom. The molecule has 3 N–H and O–H groups in total. The fraction of sp³-hybridized carbons (Fsp3) is 0.343. The molecule has 0 unspecified atom stereocenters. The summed E-state index contributed by atoms with van der Waals surface area (Å²) >= 11 is 0. The third kappa shape index (κ3) is 7.12. The van der Waals surface area contributed by atoms with E-state index in [1.807, 2.05) is 0 Å². The maximum atomic E-state index is 16.1. The van der Waals surface area contributed by atoms with Crippen molar-refractivity contribution in [2.24, 2.45) is 5.92 Å². The highest BCUT2D eigenvalue weighted by Crippen LogP contribution is 2.46. The average Bonchev–Trinajstić information content (AvgIpc) is 3.10. The van der Waals surface area contributed by atoms with Crippen molar-refractivity contribution in [3.8, 4) is 23.5 Å². The Morgan fingerprint density at radius 3 is 2.43 bits per heavy atom. The highest BCUT2D eigenvalue weighted by molar-refractivity contribution is 5.80. The largest absolute Gasteiger partial charge is 0.437 e. The van der Waals surface area contributed by atoms with Crippen LogP contribution in [0.4, 0.5) is 23.2 Å². The molecule has 2 aliphatic rings. The number of anilines is 1. The molecule has 0 bridgehead atoms. The summed E-state index contributed by atoms with van der Waals surface area (Å²) in [5.74, 6) is -1.12. The second-order valence-corrected chi connectivity index (χ2v) is 12.4. The van der Waals surface area contributed by atoms with Gasteiger partial charge in [-0.25, -0.2) is 32.5 Å². The smallest absolute Gasteiger partial charge is 0.295 e. The van der Waals surface area contributed by atoms with Crippen molar-refractivity contribution >= 4 is 11.6 Å². The normalized spacial score (nSPS) is 24.8. The van der Waals surface area contributed by atoms with Crippen LogP contribution in [-0.4, -0.2) is 65.7 Å². The van der Waals surface area contributed by atoms with Gasteiger partial charge in [0.15, 0.2) is 11.4 Å². The lowest BCUT2D eigenvalue weighted by atomic mass is 9.69. The van der Waals surface area contributed by atoms with Gasteiger partial charge in [-0.3, -0.25) is 14.2 Å². The van der Waals surface area contributed by atoms with E-state index in [2.05, 4.69) is 26.8 Å². The molecule has 3 heterocycles. The number of ether oxygens (including phenoxy) is 1. The number of carbonyl (C=O) groups is 1. The number of carbonyl (C=O) groups excluding carboxylic acids is 1. The van der Waals surface area contributed by atoms with Gasteiger partial charge in [0.25, 0.3) is 11.5 Å². The second kappa shape index (κ2) is 13.3. The van der Waals surface area contributed by atoms with Crippen molar-refractivity contribution in [2.45, 2.75) is 55.3 Å². The number of nitrogen functional groups attached to an aromatic ring is 1. The number of nitrogens with two attached hydrogens (primary N) is 1. The van der Waals surface area contributed by atoms with Crippen LogP contribution in [0.3, 0.4) is 0 Å². The molecule has 1 aliphatic heterocycles. The highest BCUT2D eigenvalue weighted by Gasteiger charge is 2.58. The van der Waals surface area contributed by atoms with Gasteiger partial charge in [-0.15, -0.1) is 0 Å². The van der Waals surface area contributed by atoms with Crippen LogP contribution in [0.15, 0.2) is 84.2 Å². The fourth-order valence-electron chi connectivity index (χ4n) is 6.34. The van der Waals surface area contributed by atoms with Crippen LogP contribution in [0, 0.1) is 23.6 Å². The number of aromatic nitrogens is 4. The van der Waals surface area contributed by atoms with Crippen LogP contribution >= 0.6 is 0 Å². The minimum absolute atomic E-state index is 0.0538. The Kier molecular flexibility index (Phi) is 9.13. The van der Waals surface area contributed by atoms with Gasteiger partial charge in [0.05, 0.1) is 13.1 Å². The number of rotatable bonds is 6. The van der Waals surface area contributed by atoms with Crippen molar-refractivity contribution in [3.63, 3.8) is 0 Å². The number of hydrogen-bond donors (Lipinski definition) is 2. The Hall–Kier alpha value is -5.29. The molecule has 49 heavy (non-hydrogen) atoms. The summed E-state index contributed by atoms with van der Waals surface area (Å²) in [5, 5.41) is 11.2. The zero-order chi connectivity index (χ0) is 34.8. The molecule has 14 heteroatoms. The van der Waals surface area contributed by atoms with E-state index in [0.717, 1.165) is 27.9 Å². The number of piperidine rings is 1. The topological polar surface area (TPSA) is 136 Å². The van der Waals surface area contributed by atoms with Crippen molar-refractivity contribution in [1.29, 1.82) is 0 Å². The van der Waals surface area contributed by atoms with Crippen LogP contribution in [0.1, 0.15) is 43.0 Å². The van der Waals surface area contributed by atoms with E-state index < -0.39 is 71.5 Å². The number of nitrogens with zero attached hydrogens (tertiary/aromatic N) is 5. The van der Waals surface area contributed by atoms with Gasteiger partial charge < -0.3 is 20.5 Å². The first-order chi connectivity index (χ1) is 23.4. The molecule has 1 saturated carbocycles. The maximum absolute atomic E-state index is 16.1. The second-order valence-electron chi connectivity index (χ2n) is 12.4. The number of hydrogen-bond acceptors (Lipinski definition) is 8. The predicted octanol–water partition coefficient (Wildman–Crippen LogP) is 4.49. The molecule has 4 aromatic rings. The van der Waals surface area contributed by atoms with Crippen LogP contribution in [0.25, 0.3) is 0 Å². The Bertz CT molecular complexity index is 1940. The van der Waals surface area contributed by atoms with Gasteiger partial charge in [0.2, 0.25) is 17.6 Å². The molecule has 4 atom stereocenters. The van der Waals surface area contributed by atoms with E-state index in [9.17, 15) is 19.1 Å². The third-order valence-electron chi connectivity index (χ3n) is 9.06. The van der Waals surface area contributed by atoms with E-state index in [1.54, 1.807) is 36.4 Å². The molecule has 10 nitrogen and oxygen atoms in total. The lowest BCUT2D eigenvalue weighted by molar-refractivity contribution is -0.223. The minimum Gasteiger partial charge on any atom is -0.437 e. The first kappa shape index (κ1) is 33.6. The van der Waals surface area contributed by atoms with Crippen molar-refractivity contribution in [1.82, 2.24) is 24.4 Å². The van der Waals surface area contributed by atoms with E-state index in [-0.39, 0.29) is 43.3 Å². The molecule has 2 aromatic carbocycles. The Morgan fingerprint density at radius 1 is 1.02 bits per heavy atom. The van der Waals surface area contributed by atoms with Crippen molar-refractivity contribution < 1.29 is 32.2 Å². The molecule has 1 amide bonds. The number of amides is 1. The Balaban J connectivity index is 1.18. The van der Waals surface area contributed by atoms with Crippen LogP contribution in [0.5, 0.6) is 11.6 Å². The molecule has 1 aliphatic carbocycles. The number of aliphatic hydroxyl groups is 1. The van der Waals surface area contributed by atoms with Crippen LogP contribution in [0.2, 0.25) is 0 Å². The fourth-order valence-corrected chi connectivity index (χ4v) is 6.34. The van der Waals surface area contributed by atoms with Crippen molar-refractivity contribution in [3.05, 3.63) is 107 Å². The molecular formula is C35H32F4N6O4. The lowest BCUT2D eigenvalue weighted by Crippen LogP contribution is -2.64. The summed E-state index contributed by atoms with van der Waals surface area (Å²) in [5.41, 5.74) is 0.445. The van der Waals surface area contributed by atoms with Gasteiger partial charge in [-0.05, 0) is 60.6 Å². The molecule has 2 fully saturated rings. The summed E-state index contributed by atoms with van der Waals surface area (Å²) in [6.45, 7) is -2.22. The number of halogens is 4. The van der Waals surface area contributed by atoms with Gasteiger partial charge in [0, 0.05) is 37.7 Å². The quantitative estimate of drug-likeness (QED) is 0.225. The van der Waals surface area contributed by atoms with E-state index in [1.165, 1.54) is 24.5 Å². The SMILES string of the molecule is Nc1c(Oc2ccc(F)cc2)ncn(C[C@@]2(O)CCN(C(=O)[C@@H]3CC[C@](F)(C#Cc4ncccn4)C[C@H]3c3ccccc3)CC2(F)F)c1=O. The van der Waals surface area contributed by atoms with Crippen LogP contribution in [-0.2, 0) is 11.3 Å². The minimum atomic E-state index is -3.85. The molecular weight excluding hydrogens is 644 g/mol.